The molecular weight excluding hydrogens is 262 g/mol. The molecule has 3 nitrogen and oxygen atoms in total. The van der Waals surface area contributed by atoms with Crippen molar-refractivity contribution in [1.29, 1.82) is 0 Å². The van der Waals surface area contributed by atoms with Crippen LogP contribution in [0.5, 0.6) is 0 Å². The lowest BCUT2D eigenvalue weighted by Gasteiger charge is -2.12. The van der Waals surface area contributed by atoms with Gasteiger partial charge in [-0.25, -0.2) is 0 Å². The summed E-state index contributed by atoms with van der Waals surface area (Å²) < 4.78 is 0. The summed E-state index contributed by atoms with van der Waals surface area (Å²) in [6.07, 6.45) is -1.21. The van der Waals surface area contributed by atoms with E-state index in [0.717, 1.165) is 5.56 Å². The third-order valence-corrected chi connectivity index (χ3v) is 3.01. The van der Waals surface area contributed by atoms with Crippen LogP contribution in [0.25, 0.3) is 0 Å². The summed E-state index contributed by atoms with van der Waals surface area (Å²) >= 11 is 5.76. The van der Waals surface area contributed by atoms with Crippen molar-refractivity contribution in [2.75, 3.05) is 5.32 Å². The van der Waals surface area contributed by atoms with Gasteiger partial charge in [-0.1, -0.05) is 41.4 Å². The molecule has 2 rings (SSSR count). The molecule has 0 saturated carbocycles. The number of aliphatic hydroxyl groups excluding tert-OH is 1. The van der Waals surface area contributed by atoms with Gasteiger partial charge in [0.1, 0.15) is 0 Å². The molecule has 0 bridgehead atoms. The molecule has 4 heteroatoms. The van der Waals surface area contributed by atoms with Crippen molar-refractivity contribution < 1.29 is 9.90 Å². The van der Waals surface area contributed by atoms with Crippen molar-refractivity contribution in [3.8, 4) is 0 Å². The maximum atomic E-state index is 11.9. The Bertz CT molecular complexity index is 564. The number of hydrogen-bond acceptors (Lipinski definition) is 2. The molecular formula is C15H14ClNO2. The molecule has 98 valence electrons. The molecule has 1 atom stereocenters. The fourth-order valence-electron chi connectivity index (χ4n) is 1.64. The van der Waals surface area contributed by atoms with Gasteiger partial charge in [0.15, 0.2) is 6.10 Å². The van der Waals surface area contributed by atoms with E-state index in [0.29, 0.717) is 16.3 Å². The summed E-state index contributed by atoms with van der Waals surface area (Å²) in [6.45, 7) is 1.97. The lowest BCUT2D eigenvalue weighted by Crippen LogP contribution is -2.20. The van der Waals surface area contributed by atoms with Crippen LogP contribution >= 0.6 is 11.6 Å². The van der Waals surface area contributed by atoms with E-state index in [9.17, 15) is 9.90 Å². The summed E-state index contributed by atoms with van der Waals surface area (Å²) in [4.78, 5) is 11.9. The molecule has 2 N–H and O–H groups in total. The molecule has 2 aromatic rings. The van der Waals surface area contributed by atoms with E-state index >= 15 is 0 Å². The van der Waals surface area contributed by atoms with Gasteiger partial charge in [0, 0.05) is 10.7 Å². The topological polar surface area (TPSA) is 49.3 Å². The number of hydrogen-bond donors (Lipinski definition) is 2. The Kier molecular flexibility index (Phi) is 4.20. The SMILES string of the molecule is Cc1ccc(NC(=O)C(O)c2ccc(Cl)cc2)cc1. The highest BCUT2D eigenvalue weighted by Gasteiger charge is 2.17. The van der Waals surface area contributed by atoms with Crippen LogP contribution < -0.4 is 5.32 Å². The molecule has 0 radical (unpaired) electrons. The third-order valence-electron chi connectivity index (χ3n) is 2.75. The Labute approximate surface area is 116 Å². The molecule has 0 aliphatic heterocycles. The van der Waals surface area contributed by atoms with E-state index in [2.05, 4.69) is 5.32 Å². The van der Waals surface area contributed by atoms with Crippen LogP contribution in [-0.4, -0.2) is 11.0 Å². The van der Waals surface area contributed by atoms with Gasteiger partial charge in [-0.3, -0.25) is 4.79 Å². The van der Waals surface area contributed by atoms with Crippen LogP contribution in [0.4, 0.5) is 5.69 Å². The van der Waals surface area contributed by atoms with Crippen LogP contribution in [0.1, 0.15) is 17.2 Å². The molecule has 0 spiro atoms. The van der Waals surface area contributed by atoms with Gasteiger partial charge < -0.3 is 10.4 Å². The zero-order chi connectivity index (χ0) is 13.8. The third kappa shape index (κ3) is 3.56. The molecule has 1 amide bonds. The van der Waals surface area contributed by atoms with Gasteiger partial charge in [-0.05, 0) is 36.8 Å². The van der Waals surface area contributed by atoms with Gasteiger partial charge >= 0.3 is 0 Å². The highest BCUT2D eigenvalue weighted by atomic mass is 35.5. The first-order chi connectivity index (χ1) is 9.06. The van der Waals surface area contributed by atoms with Gasteiger partial charge in [-0.2, -0.15) is 0 Å². The van der Waals surface area contributed by atoms with E-state index in [-0.39, 0.29) is 0 Å². The average molecular weight is 276 g/mol. The molecule has 0 aliphatic carbocycles. The molecule has 0 aromatic heterocycles. The largest absolute Gasteiger partial charge is 0.378 e. The van der Waals surface area contributed by atoms with E-state index in [1.807, 2.05) is 19.1 Å². The van der Waals surface area contributed by atoms with Crippen molar-refractivity contribution in [2.24, 2.45) is 0 Å². The zero-order valence-corrected chi connectivity index (χ0v) is 11.2. The van der Waals surface area contributed by atoms with Crippen molar-refractivity contribution >= 4 is 23.2 Å². The number of carbonyl (C=O) groups excluding carboxylic acids is 1. The lowest BCUT2D eigenvalue weighted by molar-refractivity contribution is -0.124. The normalized spacial score (nSPS) is 11.9. The van der Waals surface area contributed by atoms with Crippen molar-refractivity contribution in [3.63, 3.8) is 0 Å². The summed E-state index contributed by atoms with van der Waals surface area (Å²) in [7, 11) is 0. The first-order valence-electron chi connectivity index (χ1n) is 5.87. The van der Waals surface area contributed by atoms with E-state index in [4.69, 9.17) is 11.6 Å². The first kappa shape index (κ1) is 13.6. The number of carbonyl (C=O) groups is 1. The smallest absolute Gasteiger partial charge is 0.257 e. The van der Waals surface area contributed by atoms with Crippen LogP contribution in [-0.2, 0) is 4.79 Å². The van der Waals surface area contributed by atoms with Crippen molar-refractivity contribution in [3.05, 3.63) is 64.7 Å². The lowest BCUT2D eigenvalue weighted by atomic mass is 10.1. The zero-order valence-electron chi connectivity index (χ0n) is 10.4. The van der Waals surface area contributed by atoms with Gasteiger partial charge in [0.2, 0.25) is 0 Å². The maximum absolute atomic E-state index is 11.9. The fraction of sp³-hybridized carbons (Fsp3) is 0.133. The Morgan fingerprint density at radius 3 is 2.26 bits per heavy atom. The van der Waals surface area contributed by atoms with E-state index in [1.54, 1.807) is 36.4 Å². The highest BCUT2D eigenvalue weighted by molar-refractivity contribution is 6.30. The standard InChI is InChI=1S/C15H14ClNO2/c1-10-2-8-13(9-3-10)17-15(19)14(18)11-4-6-12(16)7-5-11/h2-9,14,18H,1H3,(H,17,19). The van der Waals surface area contributed by atoms with Crippen LogP contribution in [0.2, 0.25) is 5.02 Å². The van der Waals surface area contributed by atoms with Crippen LogP contribution in [0, 0.1) is 6.92 Å². The fourth-order valence-corrected chi connectivity index (χ4v) is 1.77. The first-order valence-corrected chi connectivity index (χ1v) is 6.25. The molecule has 2 aromatic carbocycles. The average Bonchev–Trinajstić information content (AvgIpc) is 2.41. The number of aliphatic hydroxyl groups is 1. The number of amides is 1. The molecule has 19 heavy (non-hydrogen) atoms. The molecule has 1 unspecified atom stereocenters. The molecule has 0 heterocycles. The number of benzene rings is 2. The predicted molar refractivity (Wildman–Crippen MR) is 76.2 cm³/mol. The molecule has 0 saturated heterocycles. The Balaban J connectivity index is 2.07. The van der Waals surface area contributed by atoms with Crippen molar-refractivity contribution in [1.82, 2.24) is 0 Å². The summed E-state index contributed by atoms with van der Waals surface area (Å²) in [5.74, 6) is -0.467. The quantitative estimate of drug-likeness (QED) is 0.903. The van der Waals surface area contributed by atoms with E-state index in [1.165, 1.54) is 0 Å². The number of nitrogens with one attached hydrogen (secondary N) is 1. The second-order valence-electron chi connectivity index (χ2n) is 4.31. The second-order valence-corrected chi connectivity index (χ2v) is 4.75. The Hall–Kier alpha value is -1.84. The summed E-state index contributed by atoms with van der Waals surface area (Å²) in [6, 6.07) is 13.9. The summed E-state index contributed by atoms with van der Waals surface area (Å²) in [5, 5.41) is 13.2. The maximum Gasteiger partial charge on any atom is 0.257 e. The number of aryl methyl sites for hydroxylation is 1. The monoisotopic (exact) mass is 275 g/mol. The Morgan fingerprint density at radius 1 is 1.11 bits per heavy atom. The van der Waals surface area contributed by atoms with Crippen LogP contribution in [0.15, 0.2) is 48.5 Å². The second kappa shape index (κ2) is 5.87. The van der Waals surface area contributed by atoms with Crippen LogP contribution in [0.3, 0.4) is 0 Å². The minimum Gasteiger partial charge on any atom is -0.378 e. The van der Waals surface area contributed by atoms with Gasteiger partial charge in [-0.15, -0.1) is 0 Å². The number of halogens is 1. The Morgan fingerprint density at radius 2 is 1.68 bits per heavy atom. The van der Waals surface area contributed by atoms with E-state index < -0.39 is 12.0 Å². The molecule has 0 fully saturated rings. The predicted octanol–water partition coefficient (Wildman–Crippen LogP) is 3.32. The van der Waals surface area contributed by atoms with Crippen molar-refractivity contribution in [2.45, 2.75) is 13.0 Å². The number of rotatable bonds is 3. The highest BCUT2D eigenvalue weighted by Crippen LogP contribution is 2.18. The van der Waals surface area contributed by atoms with Gasteiger partial charge in [0.05, 0.1) is 0 Å². The minimum atomic E-state index is -1.21. The molecule has 0 aliphatic rings. The summed E-state index contributed by atoms with van der Waals surface area (Å²) in [5.41, 5.74) is 2.27. The minimum absolute atomic E-state index is 0.467. The number of anilines is 1. The van der Waals surface area contributed by atoms with Gasteiger partial charge in [0.25, 0.3) is 5.91 Å².